The second-order valence-corrected chi connectivity index (χ2v) is 6.76. The number of carbonyl (C=O) groups excluding carboxylic acids is 2. The van der Waals surface area contributed by atoms with Crippen molar-refractivity contribution in [3.8, 4) is 5.75 Å². The number of halogens is 1. The van der Waals surface area contributed by atoms with Crippen LogP contribution in [0.5, 0.6) is 5.75 Å². The molecule has 3 aliphatic rings. The number of imide groups is 1. The van der Waals surface area contributed by atoms with E-state index in [1.165, 1.54) is 6.07 Å². The molecule has 3 heterocycles. The van der Waals surface area contributed by atoms with Crippen LogP contribution in [0.3, 0.4) is 0 Å². The highest BCUT2D eigenvalue weighted by molar-refractivity contribution is 6.01. The summed E-state index contributed by atoms with van der Waals surface area (Å²) in [5.41, 5.74) is 7.80. The van der Waals surface area contributed by atoms with Crippen LogP contribution in [0.2, 0.25) is 0 Å². The summed E-state index contributed by atoms with van der Waals surface area (Å²) in [7, 11) is 0. The van der Waals surface area contributed by atoms with E-state index < -0.39 is 17.6 Å². The molecule has 6 nitrogen and oxygen atoms in total. The Kier molecular flexibility index (Phi) is 3.49. The van der Waals surface area contributed by atoms with Gasteiger partial charge in [0.1, 0.15) is 11.6 Å². The van der Waals surface area contributed by atoms with Crippen LogP contribution in [-0.4, -0.2) is 37.0 Å². The van der Waals surface area contributed by atoms with Crippen molar-refractivity contribution in [3.05, 3.63) is 23.0 Å². The van der Waals surface area contributed by atoms with Crippen molar-refractivity contribution >= 4 is 17.5 Å². The standard InChI is InChI=1S/C17H20FN3O3/c1-8-12(19)7-21(8)13-6-11(18)15(9-4-5-24-16(9)13)10-2-3-14(22)20-17(10)23/h6,8,10,12H,2-5,7,19H2,1H3,(H,20,22,23)/t8-,10?,12-/m0/s1. The van der Waals surface area contributed by atoms with Gasteiger partial charge in [0.15, 0.2) is 0 Å². The number of ether oxygens (including phenoxy) is 1. The average molecular weight is 333 g/mol. The Balaban J connectivity index is 1.76. The molecule has 0 aliphatic carbocycles. The maximum Gasteiger partial charge on any atom is 0.234 e. The number of piperidine rings is 1. The summed E-state index contributed by atoms with van der Waals surface area (Å²) >= 11 is 0. The van der Waals surface area contributed by atoms with Crippen LogP contribution in [0.15, 0.2) is 6.07 Å². The summed E-state index contributed by atoms with van der Waals surface area (Å²) in [4.78, 5) is 25.6. The fourth-order valence-electron chi connectivity index (χ4n) is 3.86. The zero-order chi connectivity index (χ0) is 17.0. The number of rotatable bonds is 2. The van der Waals surface area contributed by atoms with E-state index in [-0.39, 0.29) is 24.4 Å². The minimum Gasteiger partial charge on any atom is -0.491 e. The Labute approximate surface area is 139 Å². The molecule has 7 heteroatoms. The molecule has 2 saturated heterocycles. The van der Waals surface area contributed by atoms with Gasteiger partial charge in [0.2, 0.25) is 11.8 Å². The van der Waals surface area contributed by atoms with E-state index in [9.17, 15) is 14.0 Å². The first-order valence-corrected chi connectivity index (χ1v) is 8.31. The van der Waals surface area contributed by atoms with E-state index in [4.69, 9.17) is 10.5 Å². The topological polar surface area (TPSA) is 84.7 Å². The van der Waals surface area contributed by atoms with Gasteiger partial charge in [-0.3, -0.25) is 14.9 Å². The Morgan fingerprint density at radius 1 is 1.38 bits per heavy atom. The first-order chi connectivity index (χ1) is 11.5. The van der Waals surface area contributed by atoms with Crippen LogP contribution in [0, 0.1) is 5.82 Å². The summed E-state index contributed by atoms with van der Waals surface area (Å²) < 4.78 is 20.7. The second kappa shape index (κ2) is 5.44. The van der Waals surface area contributed by atoms with Gasteiger partial charge in [-0.1, -0.05) is 0 Å². The van der Waals surface area contributed by atoms with Crippen LogP contribution >= 0.6 is 0 Å². The van der Waals surface area contributed by atoms with Gasteiger partial charge in [0, 0.05) is 48.7 Å². The first kappa shape index (κ1) is 15.4. The molecule has 24 heavy (non-hydrogen) atoms. The van der Waals surface area contributed by atoms with Crippen molar-refractivity contribution in [2.24, 2.45) is 5.73 Å². The number of nitrogens with one attached hydrogen (secondary N) is 1. The Morgan fingerprint density at radius 3 is 2.83 bits per heavy atom. The van der Waals surface area contributed by atoms with Crippen molar-refractivity contribution in [1.29, 1.82) is 0 Å². The highest BCUT2D eigenvalue weighted by Gasteiger charge is 2.39. The van der Waals surface area contributed by atoms with Gasteiger partial charge < -0.3 is 15.4 Å². The zero-order valence-electron chi connectivity index (χ0n) is 13.5. The van der Waals surface area contributed by atoms with Gasteiger partial charge in [-0.2, -0.15) is 0 Å². The summed E-state index contributed by atoms with van der Waals surface area (Å²) in [5.74, 6) is -1.11. The van der Waals surface area contributed by atoms with E-state index in [1.807, 2.05) is 11.8 Å². The first-order valence-electron chi connectivity index (χ1n) is 8.31. The fraction of sp³-hybridized carbons (Fsp3) is 0.529. The highest BCUT2D eigenvalue weighted by Crippen LogP contribution is 2.45. The molecule has 0 spiro atoms. The van der Waals surface area contributed by atoms with Gasteiger partial charge in [0.05, 0.1) is 18.2 Å². The maximum absolute atomic E-state index is 14.9. The van der Waals surface area contributed by atoms with Gasteiger partial charge >= 0.3 is 0 Å². The van der Waals surface area contributed by atoms with E-state index in [1.54, 1.807) is 0 Å². The quantitative estimate of drug-likeness (QED) is 0.783. The second-order valence-electron chi connectivity index (χ2n) is 6.76. The number of hydrogen-bond donors (Lipinski definition) is 2. The molecular weight excluding hydrogens is 313 g/mol. The predicted octanol–water partition coefficient (Wildman–Crippen LogP) is 0.817. The molecule has 3 atom stereocenters. The Morgan fingerprint density at radius 2 is 2.17 bits per heavy atom. The number of anilines is 1. The van der Waals surface area contributed by atoms with Gasteiger partial charge in [0.25, 0.3) is 0 Å². The van der Waals surface area contributed by atoms with Gasteiger partial charge in [-0.25, -0.2) is 4.39 Å². The van der Waals surface area contributed by atoms with Crippen molar-refractivity contribution in [1.82, 2.24) is 5.32 Å². The number of amides is 2. The monoisotopic (exact) mass is 333 g/mol. The Hall–Kier alpha value is -2.15. The third-order valence-electron chi connectivity index (χ3n) is 5.37. The zero-order valence-corrected chi connectivity index (χ0v) is 13.5. The van der Waals surface area contributed by atoms with Crippen LogP contribution < -0.4 is 20.7 Å². The number of carbonyl (C=O) groups is 2. The van der Waals surface area contributed by atoms with Crippen molar-refractivity contribution < 1.29 is 18.7 Å². The van der Waals surface area contributed by atoms with Gasteiger partial charge in [-0.15, -0.1) is 0 Å². The van der Waals surface area contributed by atoms with E-state index in [0.717, 1.165) is 5.56 Å². The molecule has 3 aliphatic heterocycles. The fourth-order valence-corrected chi connectivity index (χ4v) is 3.86. The van der Waals surface area contributed by atoms with Crippen molar-refractivity contribution in [2.45, 2.75) is 44.2 Å². The van der Waals surface area contributed by atoms with Crippen molar-refractivity contribution in [3.63, 3.8) is 0 Å². The molecule has 2 amide bonds. The SMILES string of the molecule is C[C@H]1[C@@H](N)CN1c1cc(F)c(C2CCC(=O)NC2=O)c2c1OCC2. The van der Waals surface area contributed by atoms with E-state index in [2.05, 4.69) is 5.32 Å². The third-order valence-corrected chi connectivity index (χ3v) is 5.37. The number of benzene rings is 1. The molecule has 0 aromatic heterocycles. The summed E-state index contributed by atoms with van der Waals surface area (Å²) in [6.07, 6.45) is 1.13. The molecule has 3 N–H and O–H groups in total. The third kappa shape index (κ3) is 2.18. The molecule has 2 fully saturated rings. The van der Waals surface area contributed by atoms with Crippen molar-refractivity contribution in [2.75, 3.05) is 18.1 Å². The molecule has 0 bridgehead atoms. The molecule has 0 radical (unpaired) electrons. The van der Waals surface area contributed by atoms with E-state index in [0.29, 0.717) is 43.0 Å². The Bertz CT molecular complexity index is 736. The summed E-state index contributed by atoms with van der Waals surface area (Å²) in [6, 6.07) is 1.64. The summed E-state index contributed by atoms with van der Waals surface area (Å²) in [5, 5.41) is 2.31. The minimum absolute atomic E-state index is 0.0694. The number of fused-ring (bicyclic) bond motifs is 1. The lowest BCUT2D eigenvalue weighted by molar-refractivity contribution is -0.134. The van der Waals surface area contributed by atoms with Crippen LogP contribution in [0.25, 0.3) is 0 Å². The minimum atomic E-state index is -0.636. The number of nitrogens with two attached hydrogens (primary N) is 1. The lowest BCUT2D eigenvalue weighted by atomic mass is 9.85. The average Bonchev–Trinajstić information content (AvgIpc) is 3.02. The normalized spacial score (nSPS) is 29.0. The maximum atomic E-state index is 14.9. The predicted molar refractivity (Wildman–Crippen MR) is 85.5 cm³/mol. The van der Waals surface area contributed by atoms with Gasteiger partial charge in [-0.05, 0) is 13.3 Å². The van der Waals surface area contributed by atoms with Crippen LogP contribution in [-0.2, 0) is 16.0 Å². The van der Waals surface area contributed by atoms with Crippen LogP contribution in [0.1, 0.15) is 36.8 Å². The molecular formula is C17H20FN3O3. The van der Waals surface area contributed by atoms with E-state index >= 15 is 0 Å². The molecule has 1 aromatic carbocycles. The largest absolute Gasteiger partial charge is 0.491 e. The lowest BCUT2D eigenvalue weighted by Crippen LogP contribution is -2.63. The molecule has 128 valence electrons. The highest BCUT2D eigenvalue weighted by atomic mass is 19.1. The molecule has 1 unspecified atom stereocenters. The smallest absolute Gasteiger partial charge is 0.234 e. The number of nitrogens with zero attached hydrogens (tertiary/aromatic N) is 1. The molecule has 0 saturated carbocycles. The summed E-state index contributed by atoms with van der Waals surface area (Å²) in [6.45, 7) is 3.13. The lowest BCUT2D eigenvalue weighted by Gasteiger charge is -2.46. The molecule has 4 rings (SSSR count). The number of hydrogen-bond acceptors (Lipinski definition) is 5. The molecule has 1 aromatic rings. The van der Waals surface area contributed by atoms with Crippen LogP contribution in [0.4, 0.5) is 10.1 Å².